The van der Waals surface area contributed by atoms with Gasteiger partial charge in [0.1, 0.15) is 0 Å². The molecule has 0 aromatic heterocycles. The topological polar surface area (TPSA) is 52.6 Å². The molecule has 0 radical (unpaired) electrons. The van der Waals surface area contributed by atoms with E-state index in [0.717, 1.165) is 41.7 Å². The molecule has 4 nitrogen and oxygen atoms in total. The summed E-state index contributed by atoms with van der Waals surface area (Å²) in [5.74, 6) is 0.170. The predicted octanol–water partition coefficient (Wildman–Crippen LogP) is 2.46. The highest BCUT2D eigenvalue weighted by atomic mass is 79.9. The second-order valence-corrected chi connectivity index (χ2v) is 6.14. The zero-order valence-electron chi connectivity index (χ0n) is 11.9. The minimum Gasteiger partial charge on any atom is -0.389 e. The average Bonchev–Trinajstić information content (AvgIpc) is 2.46. The van der Waals surface area contributed by atoms with Gasteiger partial charge in [0.15, 0.2) is 0 Å². The van der Waals surface area contributed by atoms with Crippen molar-refractivity contribution in [3.05, 3.63) is 28.2 Å². The molecule has 1 fully saturated rings. The summed E-state index contributed by atoms with van der Waals surface area (Å²) in [6, 6.07) is 5.90. The van der Waals surface area contributed by atoms with E-state index in [1.165, 1.54) is 0 Å². The third-order valence-electron chi connectivity index (χ3n) is 3.83. The number of hydrogen-bond donors (Lipinski definition) is 2. The number of anilines is 1. The van der Waals surface area contributed by atoms with Crippen molar-refractivity contribution < 1.29 is 9.90 Å². The molecular formula is C15H21BrN2O2. The number of benzene rings is 1. The van der Waals surface area contributed by atoms with Gasteiger partial charge in [0.2, 0.25) is 5.91 Å². The fraction of sp³-hybridized carbons (Fsp3) is 0.533. The van der Waals surface area contributed by atoms with E-state index in [-0.39, 0.29) is 11.8 Å². The fourth-order valence-electron chi connectivity index (χ4n) is 2.65. The molecule has 5 heteroatoms. The molecule has 1 amide bonds. The molecule has 1 aromatic carbocycles. The van der Waals surface area contributed by atoms with Gasteiger partial charge in [-0.3, -0.25) is 4.79 Å². The summed E-state index contributed by atoms with van der Waals surface area (Å²) in [4.78, 5) is 14.0. The van der Waals surface area contributed by atoms with Crippen LogP contribution in [0.25, 0.3) is 0 Å². The summed E-state index contributed by atoms with van der Waals surface area (Å²) >= 11 is 3.57. The predicted molar refractivity (Wildman–Crippen MR) is 83.8 cm³/mol. The van der Waals surface area contributed by atoms with Crippen LogP contribution < -0.4 is 10.2 Å². The highest BCUT2D eigenvalue weighted by Gasteiger charge is 2.26. The number of carbonyl (C=O) groups excluding carboxylic acids is 1. The fourth-order valence-corrected chi connectivity index (χ4v) is 3.30. The van der Waals surface area contributed by atoms with Gasteiger partial charge in [-0.15, -0.1) is 0 Å². The van der Waals surface area contributed by atoms with Crippen LogP contribution in [-0.4, -0.2) is 31.2 Å². The lowest BCUT2D eigenvalue weighted by Gasteiger charge is -2.34. The Balaban J connectivity index is 2.17. The van der Waals surface area contributed by atoms with Gasteiger partial charge in [-0.2, -0.15) is 0 Å². The molecule has 1 aromatic rings. The molecule has 1 aliphatic rings. The van der Waals surface area contributed by atoms with Gasteiger partial charge in [-0.05, 0) is 53.4 Å². The first kappa shape index (κ1) is 15.3. The minimum atomic E-state index is -0.472. The van der Waals surface area contributed by atoms with E-state index >= 15 is 0 Å². The van der Waals surface area contributed by atoms with Crippen LogP contribution in [0.2, 0.25) is 0 Å². The molecular weight excluding hydrogens is 320 g/mol. The second kappa shape index (κ2) is 6.59. The molecule has 0 aliphatic carbocycles. The minimum absolute atomic E-state index is 0.0529. The van der Waals surface area contributed by atoms with Crippen molar-refractivity contribution in [2.24, 2.45) is 5.92 Å². The molecule has 0 saturated carbocycles. The Morgan fingerprint density at radius 2 is 2.30 bits per heavy atom. The molecule has 2 atom stereocenters. The second-order valence-electron chi connectivity index (χ2n) is 5.29. The van der Waals surface area contributed by atoms with Gasteiger partial charge in [-0.1, -0.05) is 6.07 Å². The van der Waals surface area contributed by atoms with Crippen molar-refractivity contribution in [2.75, 3.05) is 25.0 Å². The molecule has 2 unspecified atom stereocenters. The Labute approximate surface area is 128 Å². The van der Waals surface area contributed by atoms with Gasteiger partial charge < -0.3 is 15.3 Å². The first-order valence-corrected chi connectivity index (χ1v) is 7.76. The highest BCUT2D eigenvalue weighted by Crippen LogP contribution is 2.32. The Morgan fingerprint density at radius 1 is 1.55 bits per heavy atom. The van der Waals surface area contributed by atoms with Gasteiger partial charge in [-0.25, -0.2) is 0 Å². The molecule has 0 spiro atoms. The Bertz CT molecular complexity index is 491. The van der Waals surface area contributed by atoms with E-state index < -0.39 is 6.10 Å². The van der Waals surface area contributed by atoms with Crippen molar-refractivity contribution in [3.63, 3.8) is 0 Å². The number of carbonyl (C=O) groups is 1. The number of piperidine rings is 1. The Kier molecular flexibility index (Phi) is 5.05. The van der Waals surface area contributed by atoms with E-state index in [0.29, 0.717) is 0 Å². The van der Waals surface area contributed by atoms with Crippen LogP contribution in [-0.2, 0) is 4.79 Å². The van der Waals surface area contributed by atoms with E-state index in [2.05, 4.69) is 26.1 Å². The van der Waals surface area contributed by atoms with Gasteiger partial charge in [0.05, 0.1) is 17.7 Å². The summed E-state index contributed by atoms with van der Waals surface area (Å²) < 4.78 is 0.966. The maximum absolute atomic E-state index is 11.8. The lowest BCUT2D eigenvalue weighted by Crippen LogP contribution is -2.42. The van der Waals surface area contributed by atoms with E-state index in [1.807, 2.05) is 18.2 Å². The molecule has 1 saturated heterocycles. The van der Waals surface area contributed by atoms with Crippen LogP contribution in [0.3, 0.4) is 0 Å². The van der Waals surface area contributed by atoms with Crippen molar-refractivity contribution in [3.8, 4) is 0 Å². The highest BCUT2D eigenvalue weighted by molar-refractivity contribution is 9.10. The molecule has 1 heterocycles. The van der Waals surface area contributed by atoms with Crippen molar-refractivity contribution >= 4 is 27.5 Å². The van der Waals surface area contributed by atoms with E-state index in [4.69, 9.17) is 0 Å². The summed E-state index contributed by atoms with van der Waals surface area (Å²) in [5, 5.41) is 12.3. The summed E-state index contributed by atoms with van der Waals surface area (Å²) in [6.45, 7) is 3.45. The first-order valence-electron chi connectivity index (χ1n) is 6.97. The SMILES string of the molecule is CNC(=O)C1CCCN(c2ccc(C(C)O)cc2Br)C1. The Morgan fingerprint density at radius 3 is 2.90 bits per heavy atom. The molecule has 110 valence electrons. The molecule has 2 N–H and O–H groups in total. The largest absolute Gasteiger partial charge is 0.389 e. The number of nitrogens with zero attached hydrogens (tertiary/aromatic N) is 1. The summed E-state index contributed by atoms with van der Waals surface area (Å²) in [6.07, 6.45) is 1.49. The number of amides is 1. The molecule has 1 aliphatic heterocycles. The Hall–Kier alpha value is -1.07. The standard InChI is InChI=1S/C15H21BrN2O2/c1-10(19)11-5-6-14(13(16)8-11)18-7-3-4-12(9-18)15(20)17-2/h5-6,8,10,12,19H,3-4,7,9H2,1-2H3,(H,17,20). The zero-order chi connectivity index (χ0) is 14.7. The zero-order valence-corrected chi connectivity index (χ0v) is 13.5. The summed E-state index contributed by atoms with van der Waals surface area (Å²) in [7, 11) is 1.69. The maximum atomic E-state index is 11.8. The lowest BCUT2D eigenvalue weighted by atomic mass is 9.96. The number of halogens is 1. The molecule has 20 heavy (non-hydrogen) atoms. The van der Waals surface area contributed by atoms with Crippen LogP contribution in [0.15, 0.2) is 22.7 Å². The van der Waals surface area contributed by atoms with Crippen molar-refractivity contribution in [1.29, 1.82) is 0 Å². The monoisotopic (exact) mass is 340 g/mol. The third kappa shape index (κ3) is 3.33. The van der Waals surface area contributed by atoms with E-state index in [1.54, 1.807) is 14.0 Å². The van der Waals surface area contributed by atoms with Crippen LogP contribution >= 0.6 is 15.9 Å². The molecule has 2 rings (SSSR count). The average molecular weight is 341 g/mol. The summed E-state index contributed by atoms with van der Waals surface area (Å²) in [5.41, 5.74) is 1.98. The van der Waals surface area contributed by atoms with Gasteiger partial charge >= 0.3 is 0 Å². The van der Waals surface area contributed by atoms with Gasteiger partial charge in [0, 0.05) is 24.6 Å². The maximum Gasteiger partial charge on any atom is 0.224 e. The normalized spacial score (nSPS) is 20.6. The van der Waals surface area contributed by atoms with Crippen molar-refractivity contribution in [1.82, 2.24) is 5.32 Å². The van der Waals surface area contributed by atoms with Crippen LogP contribution in [0.5, 0.6) is 0 Å². The quantitative estimate of drug-likeness (QED) is 0.888. The number of aliphatic hydroxyl groups excluding tert-OH is 1. The molecule has 0 bridgehead atoms. The number of nitrogens with one attached hydrogen (secondary N) is 1. The third-order valence-corrected chi connectivity index (χ3v) is 4.47. The smallest absolute Gasteiger partial charge is 0.224 e. The first-order chi connectivity index (χ1) is 9.52. The van der Waals surface area contributed by atoms with Gasteiger partial charge in [0.25, 0.3) is 0 Å². The van der Waals surface area contributed by atoms with E-state index in [9.17, 15) is 9.90 Å². The lowest BCUT2D eigenvalue weighted by molar-refractivity contribution is -0.124. The van der Waals surface area contributed by atoms with Crippen molar-refractivity contribution in [2.45, 2.75) is 25.9 Å². The number of rotatable bonds is 3. The van der Waals surface area contributed by atoms with Crippen LogP contribution in [0, 0.1) is 5.92 Å². The number of aliphatic hydroxyl groups is 1. The number of hydrogen-bond acceptors (Lipinski definition) is 3. The van der Waals surface area contributed by atoms with Crippen LogP contribution in [0.4, 0.5) is 5.69 Å². The van der Waals surface area contributed by atoms with Crippen LogP contribution in [0.1, 0.15) is 31.4 Å².